The van der Waals surface area contributed by atoms with E-state index in [1.54, 1.807) is 0 Å². The average Bonchev–Trinajstić information content (AvgIpc) is 2.39. The van der Waals surface area contributed by atoms with Crippen molar-refractivity contribution in [1.29, 1.82) is 0 Å². The van der Waals surface area contributed by atoms with Crippen molar-refractivity contribution in [3.8, 4) is 0 Å². The number of amides is 1. The molecule has 106 valence electrons. The molecule has 2 unspecified atom stereocenters. The number of hydrogen-bond donors (Lipinski definition) is 2. The van der Waals surface area contributed by atoms with Crippen LogP contribution in [-0.2, 0) is 4.79 Å². The van der Waals surface area contributed by atoms with Crippen molar-refractivity contribution in [3.63, 3.8) is 0 Å². The van der Waals surface area contributed by atoms with Crippen LogP contribution in [0.25, 0.3) is 0 Å². The van der Waals surface area contributed by atoms with Gasteiger partial charge in [-0.15, -0.1) is 0 Å². The lowest BCUT2D eigenvalue weighted by molar-refractivity contribution is -0.123. The van der Waals surface area contributed by atoms with Crippen molar-refractivity contribution in [2.45, 2.75) is 70.5 Å². The molecule has 1 saturated carbocycles. The van der Waals surface area contributed by atoms with E-state index in [1.807, 2.05) is 18.7 Å². The summed E-state index contributed by atoms with van der Waals surface area (Å²) in [5.41, 5.74) is 0. The molecule has 1 aliphatic rings. The second-order valence-corrected chi connectivity index (χ2v) is 6.20. The SMILES string of the molecule is CCC(CSC)NC(C)C(=O)NC1CCCCC1. The first-order valence-corrected chi connectivity index (χ1v) is 8.62. The quantitative estimate of drug-likeness (QED) is 0.748. The van der Waals surface area contributed by atoms with Gasteiger partial charge >= 0.3 is 0 Å². The number of nitrogens with one attached hydrogen (secondary N) is 2. The van der Waals surface area contributed by atoms with Gasteiger partial charge in [-0.05, 0) is 32.4 Å². The summed E-state index contributed by atoms with van der Waals surface area (Å²) in [4.78, 5) is 12.1. The molecule has 1 fully saturated rings. The van der Waals surface area contributed by atoms with E-state index >= 15 is 0 Å². The topological polar surface area (TPSA) is 41.1 Å². The Morgan fingerprint density at radius 2 is 2.00 bits per heavy atom. The van der Waals surface area contributed by atoms with E-state index in [-0.39, 0.29) is 11.9 Å². The molecule has 0 aromatic rings. The zero-order valence-electron chi connectivity index (χ0n) is 12.0. The van der Waals surface area contributed by atoms with Crippen LogP contribution in [0.2, 0.25) is 0 Å². The van der Waals surface area contributed by atoms with Crippen molar-refractivity contribution < 1.29 is 4.79 Å². The van der Waals surface area contributed by atoms with Crippen LogP contribution in [0.5, 0.6) is 0 Å². The van der Waals surface area contributed by atoms with Gasteiger partial charge in [0.25, 0.3) is 0 Å². The van der Waals surface area contributed by atoms with Crippen LogP contribution in [0.15, 0.2) is 0 Å². The largest absolute Gasteiger partial charge is 0.352 e. The molecule has 0 aromatic carbocycles. The van der Waals surface area contributed by atoms with E-state index in [4.69, 9.17) is 0 Å². The molecule has 18 heavy (non-hydrogen) atoms. The zero-order chi connectivity index (χ0) is 13.4. The number of carbonyl (C=O) groups is 1. The predicted molar refractivity (Wildman–Crippen MR) is 80.1 cm³/mol. The highest BCUT2D eigenvalue weighted by atomic mass is 32.2. The van der Waals surface area contributed by atoms with Crippen molar-refractivity contribution in [1.82, 2.24) is 10.6 Å². The Balaban J connectivity index is 2.30. The lowest BCUT2D eigenvalue weighted by Crippen LogP contribution is -2.50. The molecule has 2 atom stereocenters. The summed E-state index contributed by atoms with van der Waals surface area (Å²) >= 11 is 1.83. The van der Waals surface area contributed by atoms with Crippen LogP contribution in [0.1, 0.15) is 52.4 Å². The summed E-state index contributed by atoms with van der Waals surface area (Å²) in [6.07, 6.45) is 9.33. The fourth-order valence-corrected chi connectivity index (χ4v) is 3.22. The molecule has 0 bridgehead atoms. The Bertz CT molecular complexity index is 242. The maximum atomic E-state index is 12.1. The highest BCUT2D eigenvalue weighted by Crippen LogP contribution is 2.17. The molecular formula is C14H28N2OS. The van der Waals surface area contributed by atoms with Crippen LogP contribution in [0.4, 0.5) is 0 Å². The predicted octanol–water partition coefficient (Wildman–Crippen LogP) is 2.55. The molecule has 0 spiro atoms. The first kappa shape index (κ1) is 15.8. The number of rotatable bonds is 7. The van der Waals surface area contributed by atoms with E-state index < -0.39 is 0 Å². The van der Waals surface area contributed by atoms with Crippen LogP contribution in [0.3, 0.4) is 0 Å². The van der Waals surface area contributed by atoms with Gasteiger partial charge in [0.2, 0.25) is 5.91 Å². The van der Waals surface area contributed by atoms with Crippen LogP contribution < -0.4 is 10.6 Å². The molecule has 0 aromatic heterocycles. The monoisotopic (exact) mass is 272 g/mol. The summed E-state index contributed by atoms with van der Waals surface area (Å²) in [5.74, 6) is 1.24. The van der Waals surface area contributed by atoms with Gasteiger partial charge in [-0.3, -0.25) is 4.79 Å². The zero-order valence-corrected chi connectivity index (χ0v) is 12.8. The summed E-state index contributed by atoms with van der Waals surface area (Å²) in [6, 6.07) is 0.771. The van der Waals surface area contributed by atoms with Crippen LogP contribution in [-0.4, -0.2) is 36.0 Å². The molecule has 2 N–H and O–H groups in total. The molecular weight excluding hydrogens is 244 g/mol. The van der Waals surface area contributed by atoms with E-state index in [0.717, 1.165) is 25.0 Å². The third kappa shape index (κ3) is 5.61. The second-order valence-electron chi connectivity index (χ2n) is 5.29. The van der Waals surface area contributed by atoms with Gasteiger partial charge in [0, 0.05) is 17.8 Å². The minimum Gasteiger partial charge on any atom is -0.352 e. The van der Waals surface area contributed by atoms with Crippen LogP contribution in [0, 0.1) is 0 Å². The Hall–Kier alpha value is -0.220. The summed E-state index contributed by atoms with van der Waals surface area (Å²) in [6.45, 7) is 4.14. The molecule has 1 amide bonds. The van der Waals surface area contributed by atoms with Gasteiger partial charge in [0.15, 0.2) is 0 Å². The average molecular weight is 272 g/mol. The minimum absolute atomic E-state index is 0.0796. The van der Waals surface area contributed by atoms with Gasteiger partial charge in [-0.1, -0.05) is 26.2 Å². The van der Waals surface area contributed by atoms with E-state index in [0.29, 0.717) is 12.1 Å². The Morgan fingerprint density at radius 1 is 1.33 bits per heavy atom. The Kier molecular flexibility index (Phi) is 7.75. The summed E-state index contributed by atoms with van der Waals surface area (Å²) in [5, 5.41) is 6.61. The normalized spacial score (nSPS) is 20.4. The van der Waals surface area contributed by atoms with Crippen molar-refractivity contribution in [2.75, 3.05) is 12.0 Å². The van der Waals surface area contributed by atoms with Gasteiger partial charge in [0.05, 0.1) is 6.04 Å². The fraction of sp³-hybridized carbons (Fsp3) is 0.929. The van der Waals surface area contributed by atoms with E-state index in [9.17, 15) is 4.79 Å². The molecule has 1 aliphatic carbocycles. The first-order valence-electron chi connectivity index (χ1n) is 7.22. The first-order chi connectivity index (χ1) is 8.67. The standard InChI is InChI=1S/C14H28N2OS/c1-4-12(10-18-3)15-11(2)14(17)16-13-8-6-5-7-9-13/h11-13,15H,4-10H2,1-3H3,(H,16,17). The van der Waals surface area contributed by atoms with Crippen molar-refractivity contribution in [3.05, 3.63) is 0 Å². The molecule has 1 rings (SSSR count). The molecule has 0 aliphatic heterocycles. The van der Waals surface area contributed by atoms with Crippen molar-refractivity contribution >= 4 is 17.7 Å². The molecule has 0 radical (unpaired) electrons. The smallest absolute Gasteiger partial charge is 0.237 e. The third-order valence-corrected chi connectivity index (χ3v) is 4.43. The number of carbonyl (C=O) groups excluding carboxylic acids is 1. The second kappa shape index (κ2) is 8.81. The number of hydrogen-bond acceptors (Lipinski definition) is 3. The lowest BCUT2D eigenvalue weighted by atomic mass is 9.95. The van der Waals surface area contributed by atoms with E-state index in [1.165, 1.54) is 19.3 Å². The Labute approximate surface area is 116 Å². The fourth-order valence-electron chi connectivity index (χ4n) is 2.49. The molecule has 3 nitrogen and oxygen atoms in total. The maximum Gasteiger partial charge on any atom is 0.237 e. The third-order valence-electron chi connectivity index (χ3n) is 3.69. The van der Waals surface area contributed by atoms with Crippen molar-refractivity contribution in [2.24, 2.45) is 0 Å². The maximum absolute atomic E-state index is 12.1. The van der Waals surface area contributed by atoms with Gasteiger partial charge in [-0.2, -0.15) is 11.8 Å². The Morgan fingerprint density at radius 3 is 2.56 bits per heavy atom. The highest BCUT2D eigenvalue weighted by molar-refractivity contribution is 7.98. The van der Waals surface area contributed by atoms with Gasteiger partial charge in [0.1, 0.15) is 0 Å². The van der Waals surface area contributed by atoms with E-state index in [2.05, 4.69) is 23.8 Å². The van der Waals surface area contributed by atoms with Crippen LogP contribution >= 0.6 is 11.8 Å². The van der Waals surface area contributed by atoms with Gasteiger partial charge in [-0.25, -0.2) is 0 Å². The molecule has 0 heterocycles. The molecule has 0 saturated heterocycles. The summed E-state index contributed by atoms with van der Waals surface area (Å²) < 4.78 is 0. The molecule has 4 heteroatoms. The summed E-state index contributed by atoms with van der Waals surface area (Å²) in [7, 11) is 0. The highest BCUT2D eigenvalue weighted by Gasteiger charge is 2.20. The van der Waals surface area contributed by atoms with Gasteiger partial charge < -0.3 is 10.6 Å². The number of thioether (sulfide) groups is 1. The minimum atomic E-state index is -0.0796. The lowest BCUT2D eigenvalue weighted by Gasteiger charge is -2.26.